The summed E-state index contributed by atoms with van der Waals surface area (Å²) in [4.78, 5) is 11.2. The molecule has 0 unspecified atom stereocenters. The number of nitrogens with two attached hydrogens (primary N) is 1. The highest BCUT2D eigenvalue weighted by Gasteiger charge is 2.14. The van der Waals surface area contributed by atoms with Crippen LogP contribution in [0.15, 0.2) is 11.2 Å². The summed E-state index contributed by atoms with van der Waals surface area (Å²) in [5, 5.41) is 0. The highest BCUT2D eigenvalue weighted by Crippen LogP contribution is 2.19. The lowest BCUT2D eigenvalue weighted by molar-refractivity contribution is 0.452. The normalized spacial score (nSPS) is 15.2. The smallest absolute Gasteiger partial charge is 0.191 e. The molecule has 0 fully saturated rings. The largest absolute Gasteiger partial charge is 0.370 e. The van der Waals surface area contributed by atoms with E-state index in [4.69, 9.17) is 17.3 Å². The molecule has 0 bridgehead atoms. The number of halogens is 2. The lowest BCUT2D eigenvalue weighted by atomic mass is 10.5. The first-order valence-electron chi connectivity index (χ1n) is 3.91. The Morgan fingerprint density at radius 2 is 2.43 bits per heavy atom. The second-order valence-electron chi connectivity index (χ2n) is 2.74. The van der Waals surface area contributed by atoms with E-state index in [2.05, 4.69) is 9.98 Å². The van der Waals surface area contributed by atoms with E-state index < -0.39 is 0 Å². The molecule has 0 radical (unpaired) electrons. The molecule has 0 aliphatic carbocycles. The summed E-state index contributed by atoms with van der Waals surface area (Å²) in [7, 11) is 0. The SMILES string of the molecule is Cl.NC1=NCCN1Cc1cnc(Cl)s1. The van der Waals surface area contributed by atoms with Gasteiger partial charge < -0.3 is 10.6 Å². The van der Waals surface area contributed by atoms with Crippen molar-refractivity contribution in [3.05, 3.63) is 15.5 Å². The Bertz CT molecular complexity index is 338. The molecule has 0 saturated carbocycles. The van der Waals surface area contributed by atoms with E-state index in [1.54, 1.807) is 6.20 Å². The third kappa shape index (κ3) is 2.50. The Labute approximate surface area is 97.2 Å². The van der Waals surface area contributed by atoms with Gasteiger partial charge in [0.05, 0.1) is 13.1 Å². The number of nitrogens with zero attached hydrogens (tertiary/aromatic N) is 3. The van der Waals surface area contributed by atoms with Gasteiger partial charge in [0.25, 0.3) is 0 Å². The van der Waals surface area contributed by atoms with Crippen LogP contribution in [-0.4, -0.2) is 28.9 Å². The van der Waals surface area contributed by atoms with Crippen LogP contribution in [0, 0.1) is 0 Å². The van der Waals surface area contributed by atoms with Crippen molar-refractivity contribution >= 4 is 41.3 Å². The highest BCUT2D eigenvalue weighted by molar-refractivity contribution is 7.15. The molecule has 0 amide bonds. The molecule has 7 heteroatoms. The van der Waals surface area contributed by atoms with Gasteiger partial charge in [0.1, 0.15) is 0 Å². The van der Waals surface area contributed by atoms with E-state index in [-0.39, 0.29) is 12.4 Å². The van der Waals surface area contributed by atoms with Crippen LogP contribution in [0.3, 0.4) is 0 Å². The zero-order chi connectivity index (χ0) is 9.26. The first-order valence-corrected chi connectivity index (χ1v) is 5.10. The van der Waals surface area contributed by atoms with Crippen molar-refractivity contribution in [1.82, 2.24) is 9.88 Å². The molecule has 14 heavy (non-hydrogen) atoms. The summed E-state index contributed by atoms with van der Waals surface area (Å²) >= 11 is 7.19. The number of guanidine groups is 1. The van der Waals surface area contributed by atoms with E-state index in [1.807, 2.05) is 4.90 Å². The molecule has 1 aromatic heterocycles. The maximum atomic E-state index is 5.71. The molecule has 2 heterocycles. The van der Waals surface area contributed by atoms with Crippen LogP contribution >= 0.6 is 35.3 Å². The lowest BCUT2D eigenvalue weighted by Gasteiger charge is -2.15. The predicted octanol–water partition coefficient (Wildman–Crippen LogP) is 1.35. The average molecular weight is 253 g/mol. The Kier molecular flexibility index (Phi) is 3.97. The van der Waals surface area contributed by atoms with Crippen LogP contribution in [0.2, 0.25) is 4.47 Å². The molecule has 0 atom stereocenters. The number of hydrogen-bond donors (Lipinski definition) is 1. The van der Waals surface area contributed by atoms with Gasteiger partial charge in [-0.15, -0.1) is 23.7 Å². The first kappa shape index (κ1) is 11.6. The van der Waals surface area contributed by atoms with Crippen molar-refractivity contribution in [3.8, 4) is 0 Å². The van der Waals surface area contributed by atoms with Crippen LogP contribution in [0.5, 0.6) is 0 Å². The topological polar surface area (TPSA) is 54.5 Å². The van der Waals surface area contributed by atoms with Gasteiger partial charge in [-0.3, -0.25) is 4.99 Å². The predicted molar refractivity (Wildman–Crippen MR) is 61.3 cm³/mol. The Morgan fingerprint density at radius 1 is 1.64 bits per heavy atom. The standard InChI is InChI=1S/C7H9ClN4S.ClH/c8-6-11-3-5(13-6)4-12-2-1-10-7(12)9;/h3H,1-2,4H2,(H2,9,10);1H. The van der Waals surface area contributed by atoms with Crippen molar-refractivity contribution in [2.75, 3.05) is 13.1 Å². The Morgan fingerprint density at radius 3 is 2.93 bits per heavy atom. The minimum Gasteiger partial charge on any atom is -0.370 e. The number of aliphatic imine (C=N–C) groups is 1. The fourth-order valence-electron chi connectivity index (χ4n) is 1.20. The van der Waals surface area contributed by atoms with Gasteiger partial charge in [-0.05, 0) is 0 Å². The molecule has 1 aliphatic heterocycles. The molecule has 78 valence electrons. The van der Waals surface area contributed by atoms with Crippen LogP contribution < -0.4 is 5.73 Å². The molecule has 2 N–H and O–H groups in total. The zero-order valence-corrected chi connectivity index (χ0v) is 9.70. The van der Waals surface area contributed by atoms with Gasteiger partial charge in [-0.25, -0.2) is 4.98 Å². The van der Waals surface area contributed by atoms with Crippen molar-refractivity contribution < 1.29 is 0 Å². The van der Waals surface area contributed by atoms with E-state index >= 15 is 0 Å². The van der Waals surface area contributed by atoms with Gasteiger partial charge in [-0.1, -0.05) is 11.6 Å². The molecule has 0 saturated heterocycles. The van der Waals surface area contributed by atoms with Gasteiger partial charge >= 0.3 is 0 Å². The van der Waals surface area contributed by atoms with Crippen LogP contribution in [0.1, 0.15) is 4.88 Å². The minimum atomic E-state index is 0. The monoisotopic (exact) mass is 252 g/mol. The number of aromatic nitrogens is 1. The van der Waals surface area contributed by atoms with Gasteiger partial charge in [0.2, 0.25) is 0 Å². The molecular weight excluding hydrogens is 243 g/mol. The molecule has 0 aromatic carbocycles. The van der Waals surface area contributed by atoms with E-state index in [0.717, 1.165) is 24.5 Å². The van der Waals surface area contributed by atoms with Crippen LogP contribution in [-0.2, 0) is 6.54 Å². The van der Waals surface area contributed by atoms with Gasteiger partial charge in [0, 0.05) is 17.6 Å². The average Bonchev–Trinajstić information content (AvgIpc) is 2.64. The summed E-state index contributed by atoms with van der Waals surface area (Å²) in [6.07, 6.45) is 1.78. The second kappa shape index (κ2) is 4.82. The fraction of sp³-hybridized carbons (Fsp3) is 0.429. The van der Waals surface area contributed by atoms with Crippen molar-refractivity contribution in [3.63, 3.8) is 0 Å². The molecule has 2 rings (SSSR count). The Hall–Kier alpha value is -0.520. The minimum absolute atomic E-state index is 0. The van der Waals surface area contributed by atoms with Crippen molar-refractivity contribution in [2.24, 2.45) is 10.7 Å². The zero-order valence-electron chi connectivity index (χ0n) is 7.31. The number of hydrogen-bond acceptors (Lipinski definition) is 5. The van der Waals surface area contributed by atoms with Crippen LogP contribution in [0.25, 0.3) is 0 Å². The summed E-state index contributed by atoms with van der Waals surface area (Å²) in [5.41, 5.74) is 5.66. The first-order chi connectivity index (χ1) is 6.25. The Balaban J connectivity index is 0.000000980. The van der Waals surface area contributed by atoms with Crippen LogP contribution in [0.4, 0.5) is 0 Å². The fourth-order valence-corrected chi connectivity index (χ4v) is 2.20. The molecule has 1 aliphatic rings. The van der Waals surface area contributed by atoms with Crippen molar-refractivity contribution in [1.29, 1.82) is 0 Å². The molecule has 1 aromatic rings. The quantitative estimate of drug-likeness (QED) is 0.865. The lowest BCUT2D eigenvalue weighted by Crippen LogP contribution is -2.32. The maximum Gasteiger partial charge on any atom is 0.191 e. The maximum absolute atomic E-state index is 5.71. The third-order valence-corrected chi connectivity index (χ3v) is 2.94. The number of rotatable bonds is 2. The van der Waals surface area contributed by atoms with Crippen molar-refractivity contribution in [2.45, 2.75) is 6.54 Å². The molecule has 4 nitrogen and oxygen atoms in total. The van der Waals surface area contributed by atoms with E-state index in [1.165, 1.54) is 11.3 Å². The summed E-state index contributed by atoms with van der Waals surface area (Å²) < 4.78 is 0.574. The van der Waals surface area contributed by atoms with E-state index in [0.29, 0.717) is 10.4 Å². The summed E-state index contributed by atoms with van der Waals surface area (Å²) in [6.45, 7) is 2.44. The van der Waals surface area contributed by atoms with E-state index in [9.17, 15) is 0 Å². The molecule has 0 spiro atoms. The highest BCUT2D eigenvalue weighted by atomic mass is 35.5. The van der Waals surface area contributed by atoms with Gasteiger partial charge in [0.15, 0.2) is 10.4 Å². The summed E-state index contributed by atoms with van der Waals surface area (Å²) in [5.74, 6) is 0.615. The van der Waals surface area contributed by atoms with Gasteiger partial charge in [-0.2, -0.15) is 0 Å². The summed E-state index contributed by atoms with van der Waals surface area (Å²) in [6, 6.07) is 0. The second-order valence-corrected chi connectivity index (χ2v) is 4.44. The number of thiazole rings is 1. The molecular formula is C7H10Cl2N4S. The third-order valence-electron chi connectivity index (χ3n) is 1.84.